The Bertz CT molecular complexity index is 496. The molecule has 110 valence electrons. The number of nitrogens with two attached hydrogens (primary N) is 1. The smallest absolute Gasteiger partial charge is 0.384 e. The molecule has 4 heterocycles. The Labute approximate surface area is 114 Å². The van der Waals surface area contributed by atoms with Gasteiger partial charge in [-0.1, -0.05) is 0 Å². The monoisotopic (exact) mass is 287 g/mol. The number of nitrogens with one attached hydrogen (secondary N) is 1. The van der Waals surface area contributed by atoms with Gasteiger partial charge in [0.15, 0.2) is 0 Å². The van der Waals surface area contributed by atoms with Gasteiger partial charge in [0, 0.05) is 18.7 Å². The number of nitrogens with zero attached hydrogens (tertiary/aromatic N) is 3. The molecule has 0 aliphatic carbocycles. The molecular formula is C12H16F3N5. The van der Waals surface area contributed by atoms with E-state index in [9.17, 15) is 13.2 Å². The Hall–Kier alpha value is -1.57. The SMILES string of the molecule is Nc1cc(NC2CN3CCC2CC3)nc(C(F)(F)F)n1. The second-order valence-corrected chi connectivity index (χ2v) is 5.39. The van der Waals surface area contributed by atoms with Gasteiger partial charge in [0.2, 0.25) is 5.82 Å². The van der Waals surface area contributed by atoms with Gasteiger partial charge in [-0.2, -0.15) is 13.2 Å². The summed E-state index contributed by atoms with van der Waals surface area (Å²) in [5, 5.41) is 3.09. The van der Waals surface area contributed by atoms with Crippen LogP contribution < -0.4 is 11.1 Å². The number of hydrogen-bond donors (Lipinski definition) is 2. The summed E-state index contributed by atoms with van der Waals surface area (Å²) in [6.45, 7) is 2.99. The molecule has 8 heteroatoms. The first kappa shape index (κ1) is 13.4. The van der Waals surface area contributed by atoms with Crippen LogP contribution in [0, 0.1) is 5.92 Å². The summed E-state index contributed by atoms with van der Waals surface area (Å²) in [6, 6.07) is 1.49. The van der Waals surface area contributed by atoms with Gasteiger partial charge in [0.1, 0.15) is 11.6 Å². The fraction of sp³-hybridized carbons (Fsp3) is 0.667. The number of alkyl halides is 3. The molecule has 0 radical (unpaired) electrons. The average molecular weight is 287 g/mol. The van der Waals surface area contributed by atoms with Gasteiger partial charge in [0.25, 0.3) is 0 Å². The van der Waals surface area contributed by atoms with Crippen LogP contribution in [0.5, 0.6) is 0 Å². The highest BCUT2D eigenvalue weighted by molar-refractivity contribution is 5.46. The summed E-state index contributed by atoms with van der Waals surface area (Å²) in [5.74, 6) is -0.716. The summed E-state index contributed by atoms with van der Waals surface area (Å²) in [5.41, 5.74) is 5.44. The first-order valence-electron chi connectivity index (χ1n) is 6.62. The lowest BCUT2D eigenvalue weighted by Gasteiger charge is -2.45. The minimum atomic E-state index is -4.58. The van der Waals surface area contributed by atoms with Crippen LogP contribution in [0.1, 0.15) is 18.7 Å². The summed E-state index contributed by atoms with van der Waals surface area (Å²) in [6.07, 6.45) is -2.43. The van der Waals surface area contributed by atoms with Crippen LogP contribution >= 0.6 is 0 Å². The van der Waals surface area contributed by atoms with Crippen LogP contribution in [-0.4, -0.2) is 40.5 Å². The van der Waals surface area contributed by atoms with E-state index in [-0.39, 0.29) is 17.7 Å². The van der Waals surface area contributed by atoms with Gasteiger partial charge >= 0.3 is 6.18 Å². The van der Waals surface area contributed by atoms with Crippen LogP contribution in [0.25, 0.3) is 0 Å². The molecule has 3 fully saturated rings. The van der Waals surface area contributed by atoms with Crippen molar-refractivity contribution in [3.8, 4) is 0 Å². The topological polar surface area (TPSA) is 67.1 Å². The van der Waals surface area contributed by atoms with E-state index >= 15 is 0 Å². The number of fused-ring (bicyclic) bond motifs is 3. The molecule has 0 aromatic carbocycles. The van der Waals surface area contributed by atoms with Crippen molar-refractivity contribution in [3.05, 3.63) is 11.9 Å². The standard InChI is InChI=1S/C12H16F3N5/c13-12(14,15)11-18-9(16)5-10(19-11)17-8-6-20-3-1-7(8)2-4-20/h5,7-8H,1-4,6H2,(H3,16,17,18,19). The van der Waals surface area contributed by atoms with Crippen molar-refractivity contribution in [2.24, 2.45) is 5.92 Å². The van der Waals surface area contributed by atoms with E-state index in [1.165, 1.54) is 6.07 Å². The maximum Gasteiger partial charge on any atom is 0.451 e. The van der Waals surface area contributed by atoms with Gasteiger partial charge < -0.3 is 16.0 Å². The van der Waals surface area contributed by atoms with Crippen molar-refractivity contribution in [3.63, 3.8) is 0 Å². The second-order valence-electron chi connectivity index (χ2n) is 5.39. The first-order valence-corrected chi connectivity index (χ1v) is 6.62. The number of nitrogen functional groups attached to an aromatic ring is 1. The average Bonchev–Trinajstić information content (AvgIpc) is 2.38. The second kappa shape index (κ2) is 4.76. The zero-order valence-corrected chi connectivity index (χ0v) is 10.8. The van der Waals surface area contributed by atoms with Crippen molar-refractivity contribution < 1.29 is 13.2 Å². The summed E-state index contributed by atoms with van der Waals surface area (Å²) >= 11 is 0. The molecule has 1 unspecified atom stereocenters. The summed E-state index contributed by atoms with van der Waals surface area (Å²) in [4.78, 5) is 9.09. The van der Waals surface area contributed by atoms with Gasteiger partial charge in [-0.15, -0.1) is 0 Å². The maximum absolute atomic E-state index is 12.7. The molecule has 3 aliphatic rings. The van der Waals surface area contributed by atoms with Gasteiger partial charge in [-0.25, -0.2) is 9.97 Å². The van der Waals surface area contributed by atoms with Gasteiger partial charge in [-0.05, 0) is 31.8 Å². The van der Waals surface area contributed by atoms with E-state index < -0.39 is 12.0 Å². The van der Waals surface area contributed by atoms with Crippen LogP contribution in [-0.2, 0) is 6.18 Å². The number of aromatic nitrogens is 2. The summed E-state index contributed by atoms with van der Waals surface area (Å²) < 4.78 is 38.0. The fourth-order valence-corrected chi connectivity index (χ4v) is 2.99. The van der Waals surface area contributed by atoms with Crippen molar-refractivity contribution in [2.45, 2.75) is 25.1 Å². The quantitative estimate of drug-likeness (QED) is 0.864. The molecule has 0 saturated carbocycles. The third-order valence-electron chi connectivity index (χ3n) is 3.99. The Kier molecular flexibility index (Phi) is 3.19. The zero-order valence-electron chi connectivity index (χ0n) is 10.8. The lowest BCUT2D eigenvalue weighted by molar-refractivity contribution is -0.144. The van der Waals surface area contributed by atoms with E-state index in [2.05, 4.69) is 20.2 Å². The van der Waals surface area contributed by atoms with Crippen LogP contribution in [0.15, 0.2) is 6.07 Å². The number of rotatable bonds is 2. The molecule has 0 spiro atoms. The molecule has 3 N–H and O–H groups in total. The summed E-state index contributed by atoms with van der Waals surface area (Å²) in [7, 11) is 0. The number of anilines is 2. The van der Waals surface area contributed by atoms with E-state index in [1.807, 2.05) is 0 Å². The zero-order chi connectivity index (χ0) is 14.3. The van der Waals surface area contributed by atoms with Crippen LogP contribution in [0.2, 0.25) is 0 Å². The van der Waals surface area contributed by atoms with Crippen molar-refractivity contribution in [2.75, 3.05) is 30.7 Å². The molecule has 1 atom stereocenters. The molecule has 4 rings (SSSR count). The molecule has 1 aromatic heterocycles. The Morgan fingerprint density at radius 3 is 2.50 bits per heavy atom. The Balaban J connectivity index is 1.79. The van der Waals surface area contributed by atoms with Gasteiger partial charge in [-0.3, -0.25) is 0 Å². The largest absolute Gasteiger partial charge is 0.451 e. The highest BCUT2D eigenvalue weighted by Crippen LogP contribution is 2.31. The lowest BCUT2D eigenvalue weighted by atomic mass is 9.84. The van der Waals surface area contributed by atoms with E-state index in [0.717, 1.165) is 32.5 Å². The predicted octanol–water partition coefficient (Wildman–Crippen LogP) is 1.58. The number of hydrogen-bond acceptors (Lipinski definition) is 5. The minimum absolute atomic E-state index is 0.132. The van der Waals surface area contributed by atoms with Crippen molar-refractivity contribution in [1.29, 1.82) is 0 Å². The van der Waals surface area contributed by atoms with Crippen molar-refractivity contribution >= 4 is 11.6 Å². The molecule has 2 bridgehead atoms. The Morgan fingerprint density at radius 1 is 1.25 bits per heavy atom. The molecule has 20 heavy (non-hydrogen) atoms. The molecule has 0 amide bonds. The molecule has 3 aliphatic heterocycles. The predicted molar refractivity (Wildman–Crippen MR) is 68.0 cm³/mol. The lowest BCUT2D eigenvalue weighted by Crippen LogP contribution is -2.53. The third kappa shape index (κ3) is 2.65. The fourth-order valence-electron chi connectivity index (χ4n) is 2.99. The van der Waals surface area contributed by atoms with Crippen LogP contribution in [0.4, 0.5) is 24.8 Å². The van der Waals surface area contributed by atoms with Crippen LogP contribution in [0.3, 0.4) is 0 Å². The molecule has 5 nitrogen and oxygen atoms in total. The third-order valence-corrected chi connectivity index (χ3v) is 3.99. The van der Waals surface area contributed by atoms with E-state index in [4.69, 9.17) is 5.73 Å². The minimum Gasteiger partial charge on any atom is -0.384 e. The normalized spacial score (nSPS) is 29.4. The number of halogens is 3. The highest BCUT2D eigenvalue weighted by Gasteiger charge is 2.37. The Morgan fingerprint density at radius 2 is 1.95 bits per heavy atom. The van der Waals surface area contributed by atoms with Crippen molar-refractivity contribution in [1.82, 2.24) is 14.9 Å². The molecule has 3 saturated heterocycles. The van der Waals surface area contributed by atoms with E-state index in [0.29, 0.717) is 5.92 Å². The number of piperidine rings is 3. The first-order chi connectivity index (χ1) is 9.41. The maximum atomic E-state index is 12.7. The van der Waals surface area contributed by atoms with E-state index in [1.54, 1.807) is 0 Å². The van der Waals surface area contributed by atoms with Gasteiger partial charge in [0.05, 0.1) is 0 Å². The molecular weight excluding hydrogens is 271 g/mol. The highest BCUT2D eigenvalue weighted by atomic mass is 19.4. The molecule has 1 aromatic rings.